The van der Waals surface area contributed by atoms with Crippen molar-refractivity contribution in [2.24, 2.45) is 0 Å². The van der Waals surface area contributed by atoms with Crippen LogP contribution >= 0.6 is 23.1 Å². The molecule has 2 atom stereocenters. The maximum Gasteiger partial charge on any atom is 0.319 e. The molecule has 0 aromatic carbocycles. The highest BCUT2D eigenvalue weighted by Gasteiger charge is 2.36. The van der Waals surface area contributed by atoms with E-state index in [2.05, 4.69) is 20.8 Å². The summed E-state index contributed by atoms with van der Waals surface area (Å²) >= 11 is 3.16. The number of nitrogens with zero attached hydrogens (tertiary/aromatic N) is 3. The summed E-state index contributed by atoms with van der Waals surface area (Å²) in [6, 6.07) is 4.57. The third-order valence-electron chi connectivity index (χ3n) is 3.69. The van der Waals surface area contributed by atoms with E-state index < -0.39 is 0 Å². The molecule has 2 aromatic heterocycles. The molecular weight excluding hydrogens is 306 g/mol. The molecule has 3 heterocycles. The van der Waals surface area contributed by atoms with E-state index in [1.165, 1.54) is 11.8 Å². The van der Waals surface area contributed by atoms with Gasteiger partial charge >= 0.3 is 5.97 Å². The number of ether oxygens (including phenoxy) is 1. The van der Waals surface area contributed by atoms with Crippen molar-refractivity contribution in [1.29, 1.82) is 0 Å². The Kier molecular flexibility index (Phi) is 3.26. The molecule has 5 nitrogen and oxygen atoms in total. The number of rotatable bonds is 4. The molecule has 1 aliphatic heterocycles. The Hall–Kier alpha value is -1.34. The van der Waals surface area contributed by atoms with E-state index in [4.69, 9.17) is 4.74 Å². The minimum absolute atomic E-state index is 0.00376. The van der Waals surface area contributed by atoms with Gasteiger partial charge in [-0.3, -0.25) is 9.36 Å². The van der Waals surface area contributed by atoms with E-state index >= 15 is 0 Å². The Labute approximate surface area is 130 Å². The van der Waals surface area contributed by atoms with Gasteiger partial charge in [0.2, 0.25) is 0 Å². The standard InChI is InChI=1S/C14H15N3O2S2/c1-8-7-11(13(18)19-8)21-14-16-15-12(10-3-2-6-20-10)17(14)9-4-5-9/h2-3,6,8-9,11H,4-5,7H2,1H3/t8-,11-/m1/s1. The maximum absolute atomic E-state index is 11.8. The molecule has 4 rings (SSSR count). The first kappa shape index (κ1) is 13.3. The van der Waals surface area contributed by atoms with Crippen molar-refractivity contribution in [3.63, 3.8) is 0 Å². The fraction of sp³-hybridized carbons (Fsp3) is 0.500. The number of cyclic esters (lactones) is 1. The van der Waals surface area contributed by atoms with Crippen molar-refractivity contribution in [2.45, 2.75) is 48.7 Å². The normalized spacial score (nSPS) is 25.3. The molecule has 110 valence electrons. The average molecular weight is 321 g/mol. The zero-order chi connectivity index (χ0) is 14.4. The molecule has 0 amide bonds. The Morgan fingerprint density at radius 3 is 2.90 bits per heavy atom. The topological polar surface area (TPSA) is 57.0 Å². The van der Waals surface area contributed by atoms with Crippen LogP contribution in [-0.2, 0) is 9.53 Å². The highest BCUT2D eigenvalue weighted by atomic mass is 32.2. The predicted molar refractivity (Wildman–Crippen MR) is 81.4 cm³/mol. The van der Waals surface area contributed by atoms with Crippen LogP contribution in [0.4, 0.5) is 0 Å². The predicted octanol–water partition coefficient (Wildman–Crippen LogP) is 3.14. The molecule has 0 unspecified atom stereocenters. The SMILES string of the molecule is C[C@@H]1C[C@@H](Sc2nnc(-c3cccs3)n2C2CC2)C(=O)O1. The van der Waals surface area contributed by atoms with Crippen molar-refractivity contribution in [1.82, 2.24) is 14.8 Å². The molecule has 0 spiro atoms. The molecule has 0 N–H and O–H groups in total. The summed E-state index contributed by atoms with van der Waals surface area (Å²) in [5.41, 5.74) is 0. The van der Waals surface area contributed by atoms with E-state index in [-0.39, 0.29) is 17.3 Å². The Bertz CT molecular complexity index is 664. The van der Waals surface area contributed by atoms with Crippen LogP contribution in [0.15, 0.2) is 22.7 Å². The van der Waals surface area contributed by atoms with Crippen LogP contribution in [0, 0.1) is 0 Å². The summed E-state index contributed by atoms with van der Waals surface area (Å²) < 4.78 is 7.43. The lowest BCUT2D eigenvalue weighted by Crippen LogP contribution is -2.11. The number of thiophene rings is 1. The van der Waals surface area contributed by atoms with Crippen molar-refractivity contribution in [3.8, 4) is 10.7 Å². The fourth-order valence-electron chi connectivity index (χ4n) is 2.54. The van der Waals surface area contributed by atoms with Crippen molar-refractivity contribution in [2.75, 3.05) is 0 Å². The number of thioether (sulfide) groups is 1. The summed E-state index contributed by atoms with van der Waals surface area (Å²) in [4.78, 5) is 13.0. The van der Waals surface area contributed by atoms with Gasteiger partial charge in [-0.15, -0.1) is 21.5 Å². The highest BCUT2D eigenvalue weighted by Crippen LogP contribution is 2.43. The molecule has 0 radical (unpaired) electrons. The second-order valence-corrected chi connectivity index (χ2v) is 7.59. The average Bonchev–Trinajstić information content (AvgIpc) is 2.87. The lowest BCUT2D eigenvalue weighted by molar-refractivity contribution is -0.140. The summed E-state index contributed by atoms with van der Waals surface area (Å²) in [6.45, 7) is 1.93. The van der Waals surface area contributed by atoms with Crippen molar-refractivity contribution < 1.29 is 9.53 Å². The summed E-state index contributed by atoms with van der Waals surface area (Å²) in [6.07, 6.45) is 3.07. The molecule has 21 heavy (non-hydrogen) atoms. The number of hydrogen-bond donors (Lipinski definition) is 0. The first-order chi connectivity index (χ1) is 10.2. The molecule has 2 aliphatic rings. The Morgan fingerprint density at radius 1 is 1.43 bits per heavy atom. The second-order valence-electron chi connectivity index (χ2n) is 5.47. The third kappa shape index (κ3) is 2.48. The first-order valence-electron chi connectivity index (χ1n) is 7.08. The number of esters is 1. The Morgan fingerprint density at radius 2 is 2.29 bits per heavy atom. The molecule has 0 bridgehead atoms. The smallest absolute Gasteiger partial charge is 0.319 e. The van der Waals surface area contributed by atoms with Crippen molar-refractivity contribution in [3.05, 3.63) is 17.5 Å². The largest absolute Gasteiger partial charge is 0.462 e. The van der Waals surface area contributed by atoms with Gasteiger partial charge < -0.3 is 4.74 Å². The van der Waals surface area contributed by atoms with Crippen LogP contribution in [0.3, 0.4) is 0 Å². The number of carbonyl (C=O) groups excluding carboxylic acids is 1. The lowest BCUT2D eigenvalue weighted by atomic mass is 10.3. The van der Waals surface area contributed by atoms with Gasteiger partial charge in [0.25, 0.3) is 0 Å². The fourth-order valence-corrected chi connectivity index (χ4v) is 4.45. The van der Waals surface area contributed by atoms with E-state index in [0.717, 1.165) is 35.1 Å². The van der Waals surface area contributed by atoms with Crippen LogP contribution in [0.1, 0.15) is 32.2 Å². The van der Waals surface area contributed by atoms with Crippen LogP contribution in [0.25, 0.3) is 10.7 Å². The minimum atomic E-state index is -0.155. The van der Waals surface area contributed by atoms with E-state index in [1.54, 1.807) is 11.3 Å². The summed E-state index contributed by atoms with van der Waals surface area (Å²) in [5.74, 6) is 0.796. The van der Waals surface area contributed by atoms with Gasteiger partial charge in [-0.25, -0.2) is 0 Å². The molecule has 1 aliphatic carbocycles. The molecule has 1 saturated carbocycles. The molecule has 1 saturated heterocycles. The number of hydrogen-bond acceptors (Lipinski definition) is 6. The number of carbonyl (C=O) groups is 1. The van der Waals surface area contributed by atoms with Crippen LogP contribution in [-0.4, -0.2) is 32.1 Å². The third-order valence-corrected chi connectivity index (χ3v) is 5.72. The van der Waals surface area contributed by atoms with Gasteiger partial charge in [0.15, 0.2) is 11.0 Å². The van der Waals surface area contributed by atoms with Crippen LogP contribution < -0.4 is 0 Å². The zero-order valence-electron chi connectivity index (χ0n) is 11.6. The number of aromatic nitrogens is 3. The molecular formula is C14H15N3O2S2. The van der Waals surface area contributed by atoms with Gasteiger partial charge in [-0.05, 0) is 31.2 Å². The molecule has 2 aromatic rings. The highest BCUT2D eigenvalue weighted by molar-refractivity contribution is 8.00. The van der Waals surface area contributed by atoms with E-state index in [0.29, 0.717) is 6.04 Å². The van der Waals surface area contributed by atoms with Gasteiger partial charge in [0.05, 0.1) is 4.88 Å². The summed E-state index contributed by atoms with van der Waals surface area (Å²) in [5, 5.41) is 11.4. The van der Waals surface area contributed by atoms with Gasteiger partial charge in [0.1, 0.15) is 11.4 Å². The first-order valence-corrected chi connectivity index (χ1v) is 8.84. The second kappa shape index (κ2) is 5.14. The van der Waals surface area contributed by atoms with E-state index in [1.807, 2.05) is 18.4 Å². The Balaban J connectivity index is 1.65. The van der Waals surface area contributed by atoms with Crippen molar-refractivity contribution >= 4 is 29.1 Å². The van der Waals surface area contributed by atoms with Gasteiger partial charge in [-0.2, -0.15) is 0 Å². The van der Waals surface area contributed by atoms with Crippen LogP contribution in [0.2, 0.25) is 0 Å². The van der Waals surface area contributed by atoms with Gasteiger partial charge in [0, 0.05) is 12.5 Å². The van der Waals surface area contributed by atoms with Gasteiger partial charge in [-0.1, -0.05) is 17.8 Å². The zero-order valence-corrected chi connectivity index (χ0v) is 13.2. The molecule has 2 fully saturated rings. The lowest BCUT2D eigenvalue weighted by Gasteiger charge is -2.09. The summed E-state index contributed by atoms with van der Waals surface area (Å²) in [7, 11) is 0. The van der Waals surface area contributed by atoms with E-state index in [9.17, 15) is 4.79 Å². The minimum Gasteiger partial charge on any atom is -0.462 e. The van der Waals surface area contributed by atoms with Crippen LogP contribution in [0.5, 0.6) is 0 Å². The molecule has 7 heteroatoms. The monoisotopic (exact) mass is 321 g/mol. The maximum atomic E-state index is 11.8. The quantitative estimate of drug-likeness (QED) is 0.810.